The standard InChI is InChI=1S/C27H27Cl2N3O3/c1-35-14-4-12-30-26(33)23-16-21(31-27(34)22-9-7-20(28)15-24(22)29)8-10-25(23)32-13-11-18-5-2-3-6-19(18)17-32/h2-3,5-10,15-16H,4,11-14,17H2,1H3,(H,30,33)(H,31,34). The van der Waals surface area contributed by atoms with E-state index < -0.39 is 0 Å². The van der Waals surface area contributed by atoms with Crippen LogP contribution in [0.3, 0.4) is 0 Å². The molecule has 3 aromatic carbocycles. The second-order valence-electron chi connectivity index (χ2n) is 8.35. The maximum atomic E-state index is 13.2. The van der Waals surface area contributed by atoms with Crippen molar-refractivity contribution in [2.75, 3.05) is 37.0 Å². The molecule has 2 amide bonds. The Morgan fingerprint density at radius 1 is 0.971 bits per heavy atom. The number of benzene rings is 3. The van der Waals surface area contributed by atoms with Gasteiger partial charge in [0.2, 0.25) is 0 Å². The molecule has 0 aromatic heterocycles. The van der Waals surface area contributed by atoms with E-state index in [-0.39, 0.29) is 16.8 Å². The van der Waals surface area contributed by atoms with Gasteiger partial charge in [-0.15, -0.1) is 0 Å². The van der Waals surface area contributed by atoms with Gasteiger partial charge in [-0.1, -0.05) is 47.5 Å². The van der Waals surface area contributed by atoms with E-state index >= 15 is 0 Å². The van der Waals surface area contributed by atoms with E-state index in [4.69, 9.17) is 27.9 Å². The fourth-order valence-corrected chi connectivity index (χ4v) is 4.65. The summed E-state index contributed by atoms with van der Waals surface area (Å²) in [6, 6.07) is 18.5. The van der Waals surface area contributed by atoms with E-state index in [0.717, 1.165) is 18.7 Å². The van der Waals surface area contributed by atoms with Crippen molar-refractivity contribution in [3.05, 3.63) is 93.0 Å². The van der Waals surface area contributed by atoms with Crippen LogP contribution >= 0.6 is 23.2 Å². The highest BCUT2D eigenvalue weighted by Gasteiger charge is 2.22. The van der Waals surface area contributed by atoms with Crippen molar-refractivity contribution in [1.82, 2.24) is 5.32 Å². The van der Waals surface area contributed by atoms with Gasteiger partial charge in [0.1, 0.15) is 0 Å². The summed E-state index contributed by atoms with van der Waals surface area (Å²) in [5, 5.41) is 6.53. The fraction of sp³-hybridized carbons (Fsp3) is 0.259. The number of hydrogen-bond acceptors (Lipinski definition) is 4. The average Bonchev–Trinajstić information content (AvgIpc) is 2.86. The Morgan fingerprint density at radius 3 is 2.54 bits per heavy atom. The first-order valence-corrected chi connectivity index (χ1v) is 12.2. The number of carbonyl (C=O) groups is 2. The number of hydrogen-bond donors (Lipinski definition) is 2. The van der Waals surface area contributed by atoms with Gasteiger partial charge in [0.15, 0.2) is 0 Å². The van der Waals surface area contributed by atoms with E-state index in [1.54, 1.807) is 31.4 Å². The molecule has 8 heteroatoms. The van der Waals surface area contributed by atoms with Crippen LogP contribution in [-0.4, -0.2) is 38.6 Å². The third-order valence-corrected chi connectivity index (χ3v) is 6.50. The van der Waals surface area contributed by atoms with Gasteiger partial charge in [-0.3, -0.25) is 9.59 Å². The third kappa shape index (κ3) is 6.14. The lowest BCUT2D eigenvalue weighted by Gasteiger charge is -2.32. The number of nitrogens with one attached hydrogen (secondary N) is 2. The summed E-state index contributed by atoms with van der Waals surface area (Å²) in [7, 11) is 1.63. The average molecular weight is 512 g/mol. The molecule has 0 saturated heterocycles. The number of carbonyl (C=O) groups excluding carboxylic acids is 2. The molecule has 0 unspecified atom stereocenters. The molecule has 0 saturated carbocycles. The Bertz CT molecular complexity index is 1230. The lowest BCUT2D eigenvalue weighted by molar-refractivity contribution is 0.0947. The molecule has 1 aliphatic rings. The summed E-state index contributed by atoms with van der Waals surface area (Å²) in [5.74, 6) is -0.576. The van der Waals surface area contributed by atoms with Crippen molar-refractivity contribution in [2.24, 2.45) is 0 Å². The summed E-state index contributed by atoms with van der Waals surface area (Å²) < 4.78 is 5.08. The number of ether oxygens (including phenoxy) is 1. The number of nitrogens with zero attached hydrogens (tertiary/aromatic N) is 1. The Balaban J connectivity index is 1.60. The van der Waals surface area contributed by atoms with Crippen molar-refractivity contribution in [3.8, 4) is 0 Å². The van der Waals surface area contributed by atoms with Crippen LogP contribution < -0.4 is 15.5 Å². The largest absolute Gasteiger partial charge is 0.385 e. The SMILES string of the molecule is COCCCNC(=O)c1cc(NC(=O)c2ccc(Cl)cc2Cl)ccc1N1CCc2ccccc2C1. The van der Waals surface area contributed by atoms with Gasteiger partial charge < -0.3 is 20.3 Å². The van der Waals surface area contributed by atoms with Gasteiger partial charge in [0.25, 0.3) is 11.8 Å². The molecular weight excluding hydrogens is 485 g/mol. The van der Waals surface area contributed by atoms with Crippen LogP contribution in [-0.2, 0) is 17.7 Å². The van der Waals surface area contributed by atoms with Gasteiger partial charge in [0, 0.05) is 49.7 Å². The highest BCUT2D eigenvalue weighted by atomic mass is 35.5. The van der Waals surface area contributed by atoms with Crippen LogP contribution in [0.15, 0.2) is 60.7 Å². The quantitative estimate of drug-likeness (QED) is 0.387. The topological polar surface area (TPSA) is 70.7 Å². The van der Waals surface area contributed by atoms with Crippen LogP contribution in [0, 0.1) is 0 Å². The molecule has 35 heavy (non-hydrogen) atoms. The third-order valence-electron chi connectivity index (χ3n) is 5.96. The molecule has 2 N–H and O–H groups in total. The Morgan fingerprint density at radius 2 is 1.77 bits per heavy atom. The van der Waals surface area contributed by atoms with E-state index in [1.165, 1.54) is 17.2 Å². The van der Waals surface area contributed by atoms with Crippen LogP contribution in [0.5, 0.6) is 0 Å². The van der Waals surface area contributed by atoms with Crippen molar-refractivity contribution < 1.29 is 14.3 Å². The van der Waals surface area contributed by atoms with Crippen molar-refractivity contribution in [1.29, 1.82) is 0 Å². The summed E-state index contributed by atoms with van der Waals surface area (Å²) in [4.78, 5) is 28.2. The second-order valence-corrected chi connectivity index (χ2v) is 9.20. The Kier molecular flexibility index (Phi) is 8.29. The van der Waals surface area contributed by atoms with E-state index in [1.807, 2.05) is 12.1 Å². The maximum Gasteiger partial charge on any atom is 0.257 e. The Labute approximate surface area is 215 Å². The lowest BCUT2D eigenvalue weighted by Crippen LogP contribution is -2.33. The molecule has 0 bridgehead atoms. The zero-order chi connectivity index (χ0) is 24.8. The van der Waals surface area contributed by atoms with Gasteiger partial charge in [0.05, 0.1) is 16.1 Å². The zero-order valence-corrected chi connectivity index (χ0v) is 21.0. The molecule has 6 nitrogen and oxygen atoms in total. The molecular formula is C27H27Cl2N3O3. The van der Waals surface area contributed by atoms with Gasteiger partial charge >= 0.3 is 0 Å². The highest BCUT2D eigenvalue weighted by molar-refractivity contribution is 6.37. The van der Waals surface area contributed by atoms with Crippen LogP contribution in [0.4, 0.5) is 11.4 Å². The minimum absolute atomic E-state index is 0.199. The summed E-state index contributed by atoms with van der Waals surface area (Å²) >= 11 is 12.1. The van der Waals surface area contributed by atoms with E-state index in [2.05, 4.69) is 33.7 Å². The van der Waals surface area contributed by atoms with E-state index in [9.17, 15) is 9.59 Å². The molecule has 182 valence electrons. The monoisotopic (exact) mass is 511 g/mol. The molecule has 3 aromatic rings. The minimum Gasteiger partial charge on any atom is -0.385 e. The van der Waals surface area contributed by atoms with Crippen LogP contribution in [0.1, 0.15) is 38.3 Å². The van der Waals surface area contributed by atoms with Gasteiger partial charge in [-0.2, -0.15) is 0 Å². The fourth-order valence-electron chi connectivity index (χ4n) is 4.16. The zero-order valence-electron chi connectivity index (χ0n) is 19.4. The first-order valence-electron chi connectivity index (χ1n) is 11.5. The van der Waals surface area contributed by atoms with Crippen molar-refractivity contribution in [2.45, 2.75) is 19.4 Å². The number of fused-ring (bicyclic) bond motifs is 1. The lowest BCUT2D eigenvalue weighted by atomic mass is 9.98. The van der Waals surface area contributed by atoms with Crippen LogP contribution in [0.25, 0.3) is 0 Å². The molecule has 1 aliphatic heterocycles. The summed E-state index contributed by atoms with van der Waals surface area (Å²) in [6.45, 7) is 2.57. The number of rotatable bonds is 8. The highest BCUT2D eigenvalue weighted by Crippen LogP contribution is 2.30. The predicted molar refractivity (Wildman–Crippen MR) is 141 cm³/mol. The molecule has 1 heterocycles. The van der Waals surface area contributed by atoms with Crippen molar-refractivity contribution >= 4 is 46.4 Å². The summed E-state index contributed by atoms with van der Waals surface area (Å²) in [6.07, 6.45) is 1.61. The molecule has 0 spiro atoms. The number of methoxy groups -OCH3 is 1. The number of halogens is 2. The first-order chi connectivity index (χ1) is 17.0. The normalized spacial score (nSPS) is 12.7. The molecule has 0 radical (unpaired) electrons. The minimum atomic E-state index is -0.377. The first kappa shape index (κ1) is 25.0. The van der Waals surface area contributed by atoms with Gasteiger partial charge in [-0.25, -0.2) is 0 Å². The number of anilines is 2. The molecule has 0 fully saturated rings. The second kappa shape index (κ2) is 11.6. The van der Waals surface area contributed by atoms with Crippen LogP contribution in [0.2, 0.25) is 10.0 Å². The maximum absolute atomic E-state index is 13.2. The Hall–Kier alpha value is -3.06. The number of amides is 2. The van der Waals surface area contributed by atoms with Gasteiger partial charge in [-0.05, 0) is 60.4 Å². The molecule has 0 atom stereocenters. The van der Waals surface area contributed by atoms with E-state index in [0.29, 0.717) is 48.0 Å². The summed E-state index contributed by atoms with van der Waals surface area (Å²) in [5.41, 5.74) is 4.72. The van der Waals surface area contributed by atoms with Crippen molar-refractivity contribution in [3.63, 3.8) is 0 Å². The smallest absolute Gasteiger partial charge is 0.257 e. The predicted octanol–water partition coefficient (Wildman–Crippen LogP) is 5.57. The molecule has 0 aliphatic carbocycles. The molecule has 4 rings (SSSR count).